The second-order valence-electron chi connectivity index (χ2n) is 5.67. The van der Waals surface area contributed by atoms with Crippen LogP contribution in [0.15, 0.2) is 48.9 Å². The maximum atomic E-state index is 13.7. The first kappa shape index (κ1) is 17.3. The Labute approximate surface area is 147 Å². The van der Waals surface area contributed by atoms with Gasteiger partial charge in [-0.25, -0.2) is 9.18 Å². The summed E-state index contributed by atoms with van der Waals surface area (Å²) in [6.07, 6.45) is 4.44. The molecule has 0 aliphatic rings. The molecule has 2 N–H and O–H groups in total. The zero-order valence-electron chi connectivity index (χ0n) is 13.8. The zero-order chi connectivity index (χ0) is 18.7. The monoisotopic (exact) mass is 357 g/mol. The molecular formula is C17H16FN5O3. The minimum Gasteiger partial charge on any atom is -0.480 e. The lowest BCUT2D eigenvalue weighted by Crippen LogP contribution is -2.18. The fourth-order valence-electron chi connectivity index (χ4n) is 2.30. The lowest BCUT2D eigenvalue weighted by Gasteiger charge is -2.05. The van der Waals surface area contributed by atoms with Crippen LogP contribution in [0.4, 0.5) is 10.1 Å². The molecule has 1 atom stereocenters. The van der Waals surface area contributed by atoms with Crippen molar-refractivity contribution in [3.05, 3.63) is 66.0 Å². The molecule has 26 heavy (non-hydrogen) atoms. The Morgan fingerprint density at radius 3 is 2.81 bits per heavy atom. The number of amides is 1. The third-order valence-electron chi connectivity index (χ3n) is 3.78. The molecule has 134 valence electrons. The minimum atomic E-state index is -1.05. The quantitative estimate of drug-likeness (QED) is 0.704. The highest BCUT2D eigenvalue weighted by Crippen LogP contribution is 2.12. The van der Waals surface area contributed by atoms with Gasteiger partial charge >= 0.3 is 5.97 Å². The summed E-state index contributed by atoms with van der Waals surface area (Å²) in [5, 5.41) is 19.6. The number of anilines is 1. The number of nitrogens with one attached hydrogen (secondary N) is 1. The number of carbonyl (C=O) groups excluding carboxylic acids is 1. The molecule has 0 saturated heterocycles. The second kappa shape index (κ2) is 7.18. The van der Waals surface area contributed by atoms with Gasteiger partial charge in [0.05, 0.1) is 18.4 Å². The van der Waals surface area contributed by atoms with Crippen molar-refractivity contribution in [3.63, 3.8) is 0 Å². The van der Waals surface area contributed by atoms with Gasteiger partial charge in [0.1, 0.15) is 11.9 Å². The number of halogens is 1. The summed E-state index contributed by atoms with van der Waals surface area (Å²) < 4.78 is 16.4. The number of hydrogen-bond donors (Lipinski definition) is 2. The SMILES string of the molecule is CC(C(=O)O)n1ccc(C(=O)Nc2cnn(Cc3ccccc3F)c2)n1. The Morgan fingerprint density at radius 1 is 1.31 bits per heavy atom. The molecule has 0 radical (unpaired) electrons. The number of benzene rings is 1. The van der Waals surface area contributed by atoms with Crippen molar-refractivity contribution in [2.45, 2.75) is 19.5 Å². The summed E-state index contributed by atoms with van der Waals surface area (Å²) in [4.78, 5) is 23.2. The van der Waals surface area contributed by atoms with Crippen LogP contribution in [0, 0.1) is 5.82 Å². The van der Waals surface area contributed by atoms with Crippen molar-refractivity contribution >= 4 is 17.6 Å². The zero-order valence-corrected chi connectivity index (χ0v) is 13.8. The fraction of sp³-hybridized carbons (Fsp3) is 0.176. The Morgan fingerprint density at radius 2 is 2.08 bits per heavy atom. The van der Waals surface area contributed by atoms with Crippen molar-refractivity contribution in [2.24, 2.45) is 0 Å². The standard InChI is InChI=1S/C17H16FN5O3/c1-11(17(25)26)23-7-6-15(21-23)16(24)20-13-8-19-22(10-13)9-12-4-2-3-5-14(12)18/h2-8,10-11H,9H2,1H3,(H,20,24)(H,25,26). The number of carbonyl (C=O) groups is 2. The number of nitrogens with zero attached hydrogens (tertiary/aromatic N) is 4. The van der Waals surface area contributed by atoms with Gasteiger partial charge in [-0.15, -0.1) is 0 Å². The molecule has 0 saturated carbocycles. The largest absolute Gasteiger partial charge is 0.480 e. The first-order chi connectivity index (χ1) is 12.4. The predicted molar refractivity (Wildman–Crippen MR) is 90.3 cm³/mol. The van der Waals surface area contributed by atoms with Gasteiger partial charge in [-0.2, -0.15) is 10.2 Å². The molecular weight excluding hydrogens is 341 g/mol. The molecule has 1 amide bonds. The molecule has 1 aromatic carbocycles. The average Bonchev–Trinajstić information content (AvgIpc) is 3.26. The molecule has 0 fully saturated rings. The van der Waals surface area contributed by atoms with E-state index in [1.54, 1.807) is 24.4 Å². The van der Waals surface area contributed by atoms with Crippen molar-refractivity contribution in [1.29, 1.82) is 0 Å². The highest BCUT2D eigenvalue weighted by atomic mass is 19.1. The molecule has 3 aromatic rings. The van der Waals surface area contributed by atoms with E-state index < -0.39 is 17.9 Å². The second-order valence-corrected chi connectivity index (χ2v) is 5.67. The Balaban J connectivity index is 1.66. The normalized spacial score (nSPS) is 11.9. The lowest BCUT2D eigenvalue weighted by molar-refractivity contribution is -0.140. The number of aromatic nitrogens is 4. The van der Waals surface area contributed by atoms with E-state index >= 15 is 0 Å². The third kappa shape index (κ3) is 3.77. The van der Waals surface area contributed by atoms with Gasteiger partial charge < -0.3 is 10.4 Å². The van der Waals surface area contributed by atoms with E-state index in [1.165, 1.54) is 40.8 Å². The van der Waals surface area contributed by atoms with Crippen molar-refractivity contribution in [1.82, 2.24) is 19.6 Å². The molecule has 3 rings (SSSR count). The van der Waals surface area contributed by atoms with Crippen LogP contribution < -0.4 is 5.32 Å². The molecule has 2 aromatic heterocycles. The maximum absolute atomic E-state index is 13.7. The molecule has 0 aliphatic carbocycles. The number of rotatable bonds is 6. The topological polar surface area (TPSA) is 102 Å². The lowest BCUT2D eigenvalue weighted by atomic mass is 10.2. The van der Waals surface area contributed by atoms with Crippen molar-refractivity contribution < 1.29 is 19.1 Å². The van der Waals surface area contributed by atoms with Crippen LogP contribution in [-0.4, -0.2) is 36.5 Å². The molecule has 8 nitrogen and oxygen atoms in total. The van der Waals surface area contributed by atoms with Crippen molar-refractivity contribution in [2.75, 3.05) is 5.32 Å². The summed E-state index contributed by atoms with van der Waals surface area (Å²) in [6, 6.07) is 6.93. The van der Waals surface area contributed by atoms with E-state index in [9.17, 15) is 14.0 Å². The molecule has 1 unspecified atom stereocenters. The van der Waals surface area contributed by atoms with Crippen LogP contribution >= 0.6 is 0 Å². The highest BCUT2D eigenvalue weighted by molar-refractivity contribution is 6.02. The predicted octanol–water partition coefficient (Wildman–Crippen LogP) is 2.16. The van der Waals surface area contributed by atoms with Crippen LogP contribution in [-0.2, 0) is 11.3 Å². The van der Waals surface area contributed by atoms with Crippen LogP contribution in [0.25, 0.3) is 0 Å². The van der Waals surface area contributed by atoms with Gasteiger partial charge in [-0.05, 0) is 19.1 Å². The Hall–Kier alpha value is -3.49. The summed E-state index contributed by atoms with van der Waals surface area (Å²) in [7, 11) is 0. The van der Waals surface area contributed by atoms with Gasteiger partial charge in [-0.3, -0.25) is 14.2 Å². The van der Waals surface area contributed by atoms with Gasteiger partial charge in [-0.1, -0.05) is 18.2 Å². The van der Waals surface area contributed by atoms with E-state index in [0.717, 1.165) is 0 Å². The molecule has 9 heteroatoms. The number of hydrogen-bond acceptors (Lipinski definition) is 4. The third-order valence-corrected chi connectivity index (χ3v) is 3.78. The number of aliphatic carboxylic acids is 1. The van der Waals surface area contributed by atoms with Gasteiger partial charge in [0.15, 0.2) is 5.69 Å². The minimum absolute atomic E-state index is 0.0833. The summed E-state index contributed by atoms with van der Waals surface area (Å²) in [5.74, 6) is -1.87. The van der Waals surface area contributed by atoms with E-state index in [2.05, 4.69) is 15.5 Å². The summed E-state index contributed by atoms with van der Waals surface area (Å²) in [6.45, 7) is 1.69. The van der Waals surface area contributed by atoms with Crippen LogP contribution in [0.5, 0.6) is 0 Å². The summed E-state index contributed by atoms with van der Waals surface area (Å²) in [5.41, 5.74) is 0.988. The smallest absolute Gasteiger partial charge is 0.328 e. The molecule has 2 heterocycles. The van der Waals surface area contributed by atoms with Gasteiger partial charge in [0, 0.05) is 18.0 Å². The molecule has 0 spiro atoms. The maximum Gasteiger partial charge on any atom is 0.328 e. The molecule has 0 aliphatic heterocycles. The fourth-order valence-corrected chi connectivity index (χ4v) is 2.30. The van der Waals surface area contributed by atoms with Crippen LogP contribution in [0.1, 0.15) is 29.0 Å². The first-order valence-corrected chi connectivity index (χ1v) is 7.79. The Kier molecular flexibility index (Phi) is 4.78. The first-order valence-electron chi connectivity index (χ1n) is 7.79. The van der Waals surface area contributed by atoms with Crippen LogP contribution in [0.3, 0.4) is 0 Å². The number of carboxylic acid groups (broad SMARTS) is 1. The van der Waals surface area contributed by atoms with Crippen molar-refractivity contribution in [3.8, 4) is 0 Å². The average molecular weight is 357 g/mol. The number of carboxylic acids is 1. The van der Waals surface area contributed by atoms with Crippen LogP contribution in [0.2, 0.25) is 0 Å². The van der Waals surface area contributed by atoms with E-state index in [1.807, 2.05) is 0 Å². The van der Waals surface area contributed by atoms with E-state index in [4.69, 9.17) is 5.11 Å². The van der Waals surface area contributed by atoms with Gasteiger partial charge in [0.2, 0.25) is 0 Å². The molecule has 0 bridgehead atoms. The van der Waals surface area contributed by atoms with E-state index in [0.29, 0.717) is 11.3 Å². The summed E-state index contributed by atoms with van der Waals surface area (Å²) >= 11 is 0. The van der Waals surface area contributed by atoms with Gasteiger partial charge in [0.25, 0.3) is 5.91 Å². The highest BCUT2D eigenvalue weighted by Gasteiger charge is 2.17. The Bertz CT molecular complexity index is 949. The van der Waals surface area contributed by atoms with E-state index in [-0.39, 0.29) is 18.1 Å².